The van der Waals surface area contributed by atoms with E-state index >= 15 is 0 Å². The molecule has 1 saturated heterocycles. The van der Waals surface area contributed by atoms with Crippen LogP contribution in [-0.2, 0) is 49.3 Å². The number of hydrogen-bond donors (Lipinski definition) is 2. The van der Waals surface area contributed by atoms with Crippen LogP contribution in [0.4, 0.5) is 0 Å². The molecule has 1 aromatic carbocycles. The summed E-state index contributed by atoms with van der Waals surface area (Å²) in [7, 11) is 3.88. The Morgan fingerprint density at radius 3 is 2.00 bits per heavy atom. The van der Waals surface area contributed by atoms with Crippen molar-refractivity contribution in [3.8, 4) is 0 Å². The van der Waals surface area contributed by atoms with Crippen molar-refractivity contribution in [3.05, 3.63) is 35.9 Å². The number of carbonyl (C=O) groups is 4. The fourth-order valence-corrected chi connectivity index (χ4v) is 4.48. The molecule has 1 aromatic rings. The lowest BCUT2D eigenvalue weighted by Gasteiger charge is -2.44. The third kappa shape index (κ3) is 11.2. The first-order valence-corrected chi connectivity index (χ1v) is 12.8. The molecule has 2 rings (SSSR count). The van der Waals surface area contributed by atoms with Gasteiger partial charge in [0.15, 0.2) is 29.7 Å². The molecule has 0 amide bonds. The highest BCUT2D eigenvalue weighted by molar-refractivity contribution is 7.80. The van der Waals surface area contributed by atoms with Crippen LogP contribution in [0.2, 0.25) is 0 Å². The summed E-state index contributed by atoms with van der Waals surface area (Å²) in [6.45, 7) is 5.03. The van der Waals surface area contributed by atoms with Crippen LogP contribution in [0, 0.1) is 0 Å². The monoisotopic (exact) mass is 567 g/mol. The maximum absolute atomic E-state index is 12.0. The predicted molar refractivity (Wildman–Crippen MR) is 143 cm³/mol. The molecule has 0 saturated carbocycles. The van der Waals surface area contributed by atoms with Gasteiger partial charge in [0.05, 0.1) is 0 Å². The number of benzene rings is 1. The molecule has 1 heterocycles. The van der Waals surface area contributed by atoms with Crippen LogP contribution in [0.1, 0.15) is 33.3 Å². The molecular weight excluding hydrogens is 530 g/mol. The predicted octanol–water partition coefficient (Wildman–Crippen LogP) is 0.707. The summed E-state index contributed by atoms with van der Waals surface area (Å²) in [5.41, 5.74) is 1.10. The Balaban J connectivity index is 2.33. The van der Waals surface area contributed by atoms with Gasteiger partial charge in [0, 0.05) is 40.3 Å². The Morgan fingerprint density at radius 2 is 1.46 bits per heavy atom. The average Bonchev–Trinajstić information content (AvgIpc) is 2.81. The van der Waals surface area contributed by atoms with Gasteiger partial charge in [-0.3, -0.25) is 19.2 Å². The summed E-state index contributed by atoms with van der Waals surface area (Å²) in [5.74, 6) is -2.71. The van der Waals surface area contributed by atoms with Crippen molar-refractivity contribution in [2.75, 3.05) is 27.2 Å². The standard InChI is InChI=1S/C26H37N3O9S/c1-15(30)34-14-21-22(35-16(2)31)23(36-17(3)32)24(37-18(4)33)25(38-21)28-26(39)27-20(13-29(5)6)12-19-10-8-7-9-11-19/h7-11,20-25H,12-14H2,1-6H3,(H2,27,28,39)/t20-,21+,22+,23-,24+,25+/m0/s1. The van der Waals surface area contributed by atoms with Gasteiger partial charge >= 0.3 is 23.9 Å². The highest BCUT2D eigenvalue weighted by Gasteiger charge is 2.52. The number of ether oxygens (including phenoxy) is 5. The van der Waals surface area contributed by atoms with E-state index in [0.717, 1.165) is 19.4 Å². The molecule has 1 aliphatic rings. The van der Waals surface area contributed by atoms with Crippen LogP contribution in [0.5, 0.6) is 0 Å². The van der Waals surface area contributed by atoms with Crippen LogP contribution in [0.15, 0.2) is 30.3 Å². The second kappa shape index (κ2) is 15.3. The molecule has 1 aliphatic heterocycles. The molecule has 12 nitrogen and oxygen atoms in total. The van der Waals surface area contributed by atoms with Crippen molar-refractivity contribution in [1.82, 2.24) is 15.5 Å². The molecule has 0 spiro atoms. The first kappa shape index (κ1) is 31.9. The highest BCUT2D eigenvalue weighted by atomic mass is 32.1. The molecule has 0 aromatic heterocycles. The maximum atomic E-state index is 12.0. The first-order chi connectivity index (χ1) is 18.3. The second-order valence-corrected chi connectivity index (χ2v) is 9.79. The maximum Gasteiger partial charge on any atom is 0.303 e. The lowest BCUT2D eigenvalue weighted by molar-refractivity contribution is -0.254. The van der Waals surface area contributed by atoms with Gasteiger partial charge in [0.1, 0.15) is 12.7 Å². The summed E-state index contributed by atoms with van der Waals surface area (Å²) >= 11 is 5.58. The van der Waals surface area contributed by atoms with E-state index in [-0.39, 0.29) is 17.8 Å². The van der Waals surface area contributed by atoms with E-state index in [2.05, 4.69) is 10.6 Å². The Kier molecular flexibility index (Phi) is 12.6. The van der Waals surface area contributed by atoms with Gasteiger partial charge in [-0.15, -0.1) is 0 Å². The Morgan fingerprint density at radius 1 is 0.897 bits per heavy atom. The third-order valence-electron chi connectivity index (χ3n) is 5.51. The normalized spacial score (nSPS) is 23.2. The number of esters is 4. The van der Waals surface area contributed by atoms with E-state index in [0.29, 0.717) is 13.0 Å². The van der Waals surface area contributed by atoms with Crippen LogP contribution in [-0.4, -0.2) is 97.8 Å². The van der Waals surface area contributed by atoms with Gasteiger partial charge in [-0.2, -0.15) is 0 Å². The molecule has 6 atom stereocenters. The van der Waals surface area contributed by atoms with Crippen molar-refractivity contribution in [2.24, 2.45) is 0 Å². The van der Waals surface area contributed by atoms with E-state index < -0.39 is 54.5 Å². The van der Waals surface area contributed by atoms with E-state index in [1.807, 2.05) is 49.3 Å². The zero-order valence-electron chi connectivity index (χ0n) is 23.0. The summed E-state index contributed by atoms with van der Waals surface area (Å²) in [6, 6.07) is 9.77. The molecule has 1 fully saturated rings. The van der Waals surface area contributed by atoms with Gasteiger partial charge in [-0.25, -0.2) is 0 Å². The Bertz CT molecular complexity index is 1010. The van der Waals surface area contributed by atoms with Crippen molar-refractivity contribution < 1.29 is 42.9 Å². The SMILES string of the molecule is CC(=O)OC[C@H]1O[C@@H](NC(=S)N[C@@H](Cc2ccccc2)CN(C)C)[C@H](OC(C)=O)[C@@H](OC(C)=O)[C@@H]1OC(C)=O. The number of nitrogens with one attached hydrogen (secondary N) is 2. The summed E-state index contributed by atoms with van der Waals surface area (Å²) in [5, 5.41) is 6.43. The van der Waals surface area contributed by atoms with Gasteiger partial charge in [-0.1, -0.05) is 30.3 Å². The van der Waals surface area contributed by atoms with Crippen LogP contribution in [0.3, 0.4) is 0 Å². The quantitative estimate of drug-likeness (QED) is 0.220. The molecular formula is C26H37N3O9S. The summed E-state index contributed by atoms with van der Waals surface area (Å²) in [6.07, 6.45) is -5.34. The molecule has 0 unspecified atom stereocenters. The molecule has 13 heteroatoms. The number of rotatable bonds is 11. The number of thiocarbonyl (C=S) groups is 1. The minimum atomic E-state index is -1.29. The molecule has 39 heavy (non-hydrogen) atoms. The van der Waals surface area contributed by atoms with Crippen LogP contribution in [0.25, 0.3) is 0 Å². The Labute approximate surface area is 233 Å². The topological polar surface area (TPSA) is 142 Å². The largest absolute Gasteiger partial charge is 0.463 e. The molecule has 0 radical (unpaired) electrons. The molecule has 0 aliphatic carbocycles. The van der Waals surface area contributed by atoms with E-state index in [4.69, 9.17) is 35.9 Å². The second-order valence-electron chi connectivity index (χ2n) is 9.39. The fraction of sp³-hybridized carbons (Fsp3) is 0.577. The summed E-state index contributed by atoms with van der Waals surface area (Å²) < 4.78 is 27.5. The zero-order valence-corrected chi connectivity index (χ0v) is 23.8. The molecule has 216 valence electrons. The Hall–Kier alpha value is -3.29. The molecule has 0 bridgehead atoms. The number of likely N-dealkylation sites (N-methyl/N-ethyl adjacent to an activating group) is 1. The van der Waals surface area contributed by atoms with E-state index in [9.17, 15) is 19.2 Å². The highest BCUT2D eigenvalue weighted by Crippen LogP contribution is 2.28. The van der Waals surface area contributed by atoms with E-state index in [1.54, 1.807) is 0 Å². The summed E-state index contributed by atoms with van der Waals surface area (Å²) in [4.78, 5) is 49.4. The van der Waals surface area contributed by atoms with E-state index in [1.165, 1.54) is 13.8 Å². The average molecular weight is 568 g/mol. The number of hydrogen-bond acceptors (Lipinski definition) is 11. The third-order valence-corrected chi connectivity index (χ3v) is 5.75. The van der Waals surface area contributed by atoms with Gasteiger partial charge in [0.2, 0.25) is 0 Å². The minimum absolute atomic E-state index is 0.104. The first-order valence-electron chi connectivity index (χ1n) is 12.4. The van der Waals surface area contributed by atoms with Gasteiger partial charge in [-0.05, 0) is 38.3 Å². The lowest BCUT2D eigenvalue weighted by Crippen LogP contribution is -2.67. The fourth-order valence-electron chi connectivity index (χ4n) is 4.20. The number of nitrogens with zero attached hydrogens (tertiary/aromatic N) is 1. The van der Waals surface area contributed by atoms with Crippen molar-refractivity contribution in [2.45, 2.75) is 70.8 Å². The zero-order chi connectivity index (χ0) is 29.1. The van der Waals surface area contributed by atoms with Gasteiger partial charge < -0.3 is 39.2 Å². The van der Waals surface area contributed by atoms with Crippen molar-refractivity contribution in [1.29, 1.82) is 0 Å². The van der Waals surface area contributed by atoms with Crippen molar-refractivity contribution >= 4 is 41.2 Å². The van der Waals surface area contributed by atoms with Crippen molar-refractivity contribution in [3.63, 3.8) is 0 Å². The van der Waals surface area contributed by atoms with Gasteiger partial charge in [0.25, 0.3) is 0 Å². The number of carbonyl (C=O) groups excluding carboxylic acids is 4. The van der Waals surface area contributed by atoms with Crippen LogP contribution >= 0.6 is 12.2 Å². The van der Waals surface area contributed by atoms with Crippen LogP contribution < -0.4 is 10.6 Å². The molecule has 2 N–H and O–H groups in total. The lowest BCUT2D eigenvalue weighted by atomic mass is 9.97. The minimum Gasteiger partial charge on any atom is -0.463 e. The smallest absolute Gasteiger partial charge is 0.303 e.